The standard InChI is InChI=1S/C16H24N2O/c1-12(15-5-3-4-6-16(15)19-2)18-10-9-13-7-8-14(11-18)17-13/h3-6,12-14,17H,7-11H2,1-2H3. The van der Waals surface area contributed by atoms with Crippen LogP contribution in [0.1, 0.15) is 37.8 Å². The van der Waals surface area contributed by atoms with Crippen molar-refractivity contribution in [1.82, 2.24) is 10.2 Å². The van der Waals surface area contributed by atoms with Crippen molar-refractivity contribution in [3.05, 3.63) is 29.8 Å². The van der Waals surface area contributed by atoms with Crippen LogP contribution in [0.5, 0.6) is 5.75 Å². The molecular formula is C16H24N2O. The maximum absolute atomic E-state index is 5.51. The van der Waals surface area contributed by atoms with Crippen molar-refractivity contribution < 1.29 is 4.74 Å². The Balaban J connectivity index is 1.77. The molecule has 0 aromatic heterocycles. The van der Waals surface area contributed by atoms with Gasteiger partial charge in [0.25, 0.3) is 0 Å². The molecule has 2 heterocycles. The van der Waals surface area contributed by atoms with E-state index in [1.54, 1.807) is 7.11 Å². The highest BCUT2D eigenvalue weighted by Gasteiger charge is 2.31. The molecule has 1 N–H and O–H groups in total. The van der Waals surface area contributed by atoms with Gasteiger partial charge in [0.1, 0.15) is 5.75 Å². The number of hydrogen-bond acceptors (Lipinski definition) is 3. The highest BCUT2D eigenvalue weighted by Crippen LogP contribution is 2.31. The third-order valence-electron chi connectivity index (χ3n) is 4.69. The summed E-state index contributed by atoms with van der Waals surface area (Å²) in [5.74, 6) is 1.01. The van der Waals surface area contributed by atoms with Crippen molar-refractivity contribution >= 4 is 0 Å². The number of nitrogens with zero attached hydrogens (tertiary/aromatic N) is 1. The molecule has 0 radical (unpaired) electrons. The number of para-hydroxylation sites is 1. The third kappa shape index (κ3) is 2.63. The van der Waals surface area contributed by atoms with Crippen molar-refractivity contribution in [3.63, 3.8) is 0 Å². The van der Waals surface area contributed by atoms with E-state index in [0.717, 1.165) is 18.3 Å². The van der Waals surface area contributed by atoms with Gasteiger partial charge in [-0.25, -0.2) is 0 Å². The van der Waals surface area contributed by atoms with Crippen LogP contribution in [0.4, 0.5) is 0 Å². The van der Waals surface area contributed by atoms with Crippen molar-refractivity contribution in [2.45, 2.75) is 44.3 Å². The summed E-state index contributed by atoms with van der Waals surface area (Å²) in [6.45, 7) is 4.65. The summed E-state index contributed by atoms with van der Waals surface area (Å²) < 4.78 is 5.51. The van der Waals surface area contributed by atoms with Gasteiger partial charge in [-0.05, 0) is 32.3 Å². The molecule has 2 aliphatic heterocycles. The topological polar surface area (TPSA) is 24.5 Å². The van der Waals surface area contributed by atoms with Crippen LogP contribution in [0.2, 0.25) is 0 Å². The van der Waals surface area contributed by atoms with Crippen LogP contribution in [0, 0.1) is 0 Å². The summed E-state index contributed by atoms with van der Waals surface area (Å²) in [4.78, 5) is 2.61. The number of benzene rings is 1. The third-order valence-corrected chi connectivity index (χ3v) is 4.69. The Morgan fingerprint density at radius 2 is 2.00 bits per heavy atom. The monoisotopic (exact) mass is 260 g/mol. The summed E-state index contributed by atoms with van der Waals surface area (Å²) in [6.07, 6.45) is 3.97. The maximum Gasteiger partial charge on any atom is 0.123 e. The van der Waals surface area contributed by atoms with Crippen molar-refractivity contribution in [3.8, 4) is 5.75 Å². The molecule has 2 saturated heterocycles. The van der Waals surface area contributed by atoms with Gasteiger partial charge in [-0.2, -0.15) is 0 Å². The van der Waals surface area contributed by atoms with Gasteiger partial charge in [0.2, 0.25) is 0 Å². The average Bonchev–Trinajstić information content (AvgIpc) is 2.77. The van der Waals surface area contributed by atoms with E-state index in [1.807, 2.05) is 6.07 Å². The minimum absolute atomic E-state index is 0.428. The first kappa shape index (κ1) is 12.9. The second kappa shape index (κ2) is 5.51. The Labute approximate surface area is 115 Å². The highest BCUT2D eigenvalue weighted by atomic mass is 16.5. The number of ether oxygens (including phenoxy) is 1. The summed E-state index contributed by atoms with van der Waals surface area (Å²) in [5.41, 5.74) is 1.31. The summed E-state index contributed by atoms with van der Waals surface area (Å²) in [5, 5.41) is 3.74. The van der Waals surface area contributed by atoms with Gasteiger partial charge in [0, 0.05) is 36.8 Å². The van der Waals surface area contributed by atoms with Crippen molar-refractivity contribution in [1.29, 1.82) is 0 Å². The highest BCUT2D eigenvalue weighted by molar-refractivity contribution is 5.35. The normalized spacial score (nSPS) is 28.9. The molecule has 1 aromatic rings. The van der Waals surface area contributed by atoms with E-state index in [0.29, 0.717) is 12.1 Å². The van der Waals surface area contributed by atoms with Gasteiger partial charge in [0.05, 0.1) is 7.11 Å². The minimum Gasteiger partial charge on any atom is -0.496 e. The zero-order valence-corrected chi connectivity index (χ0v) is 11.9. The van der Waals surface area contributed by atoms with Crippen LogP contribution in [-0.2, 0) is 0 Å². The van der Waals surface area contributed by atoms with Crippen LogP contribution < -0.4 is 10.1 Å². The Morgan fingerprint density at radius 1 is 1.21 bits per heavy atom. The van der Waals surface area contributed by atoms with Gasteiger partial charge in [-0.15, -0.1) is 0 Å². The molecule has 2 aliphatic rings. The minimum atomic E-state index is 0.428. The smallest absolute Gasteiger partial charge is 0.123 e. The first-order chi connectivity index (χ1) is 9.28. The van der Waals surface area contributed by atoms with E-state index in [4.69, 9.17) is 4.74 Å². The van der Waals surface area contributed by atoms with E-state index in [1.165, 1.54) is 31.4 Å². The van der Waals surface area contributed by atoms with E-state index in [-0.39, 0.29) is 0 Å². The number of nitrogens with one attached hydrogen (secondary N) is 1. The SMILES string of the molecule is COc1ccccc1C(C)N1CCC2CCC(C1)N2. The maximum atomic E-state index is 5.51. The van der Waals surface area contributed by atoms with Crippen LogP contribution in [0.3, 0.4) is 0 Å². The summed E-state index contributed by atoms with van der Waals surface area (Å²) >= 11 is 0. The van der Waals surface area contributed by atoms with Gasteiger partial charge >= 0.3 is 0 Å². The lowest BCUT2D eigenvalue weighted by Gasteiger charge is -2.31. The molecule has 3 atom stereocenters. The fourth-order valence-corrected chi connectivity index (χ4v) is 3.53. The lowest BCUT2D eigenvalue weighted by Crippen LogP contribution is -2.36. The predicted molar refractivity (Wildman–Crippen MR) is 77.5 cm³/mol. The molecule has 3 nitrogen and oxygen atoms in total. The van der Waals surface area contributed by atoms with E-state index < -0.39 is 0 Å². The number of hydrogen-bond donors (Lipinski definition) is 1. The predicted octanol–water partition coefficient (Wildman–Crippen LogP) is 2.58. The molecule has 3 unspecified atom stereocenters. The second-order valence-electron chi connectivity index (χ2n) is 5.84. The molecule has 3 heteroatoms. The molecular weight excluding hydrogens is 236 g/mol. The van der Waals surface area contributed by atoms with E-state index >= 15 is 0 Å². The van der Waals surface area contributed by atoms with Crippen LogP contribution >= 0.6 is 0 Å². The summed E-state index contributed by atoms with van der Waals surface area (Å²) in [6, 6.07) is 10.3. The lowest BCUT2D eigenvalue weighted by molar-refractivity contribution is 0.196. The second-order valence-corrected chi connectivity index (χ2v) is 5.84. The molecule has 2 bridgehead atoms. The van der Waals surface area contributed by atoms with Crippen LogP contribution in [-0.4, -0.2) is 37.2 Å². The van der Waals surface area contributed by atoms with Crippen molar-refractivity contribution in [2.75, 3.05) is 20.2 Å². The zero-order valence-electron chi connectivity index (χ0n) is 11.9. The zero-order chi connectivity index (χ0) is 13.2. The fourth-order valence-electron chi connectivity index (χ4n) is 3.53. The molecule has 1 aromatic carbocycles. The molecule has 19 heavy (non-hydrogen) atoms. The molecule has 104 valence electrons. The number of fused-ring (bicyclic) bond motifs is 2. The summed E-state index contributed by atoms with van der Waals surface area (Å²) in [7, 11) is 1.76. The Hall–Kier alpha value is -1.06. The van der Waals surface area contributed by atoms with Crippen LogP contribution in [0.25, 0.3) is 0 Å². The molecule has 0 saturated carbocycles. The van der Waals surface area contributed by atoms with Gasteiger partial charge < -0.3 is 10.1 Å². The first-order valence-corrected chi connectivity index (χ1v) is 7.41. The largest absolute Gasteiger partial charge is 0.496 e. The Morgan fingerprint density at radius 3 is 2.84 bits per heavy atom. The molecule has 3 rings (SSSR count). The van der Waals surface area contributed by atoms with Crippen LogP contribution in [0.15, 0.2) is 24.3 Å². The Kier molecular flexibility index (Phi) is 3.76. The number of rotatable bonds is 3. The van der Waals surface area contributed by atoms with Gasteiger partial charge in [-0.1, -0.05) is 18.2 Å². The van der Waals surface area contributed by atoms with E-state index in [9.17, 15) is 0 Å². The molecule has 0 spiro atoms. The average molecular weight is 260 g/mol. The van der Waals surface area contributed by atoms with Gasteiger partial charge in [-0.3, -0.25) is 4.90 Å². The quantitative estimate of drug-likeness (QED) is 0.904. The molecule has 0 aliphatic carbocycles. The lowest BCUT2D eigenvalue weighted by atomic mass is 10.0. The molecule has 2 fully saturated rings. The van der Waals surface area contributed by atoms with Gasteiger partial charge in [0.15, 0.2) is 0 Å². The van der Waals surface area contributed by atoms with Crippen molar-refractivity contribution in [2.24, 2.45) is 0 Å². The molecule has 0 amide bonds. The fraction of sp³-hybridized carbons (Fsp3) is 0.625. The van der Waals surface area contributed by atoms with E-state index in [2.05, 4.69) is 35.3 Å². The number of likely N-dealkylation sites (tertiary alicyclic amines) is 1. The first-order valence-electron chi connectivity index (χ1n) is 7.41. The number of methoxy groups -OCH3 is 1. The Bertz CT molecular complexity index is 435.